The molecule has 2 aromatic carbocycles. The van der Waals surface area contributed by atoms with Gasteiger partial charge in [-0.1, -0.05) is 23.7 Å². The van der Waals surface area contributed by atoms with Crippen molar-refractivity contribution in [3.05, 3.63) is 64.6 Å². The summed E-state index contributed by atoms with van der Waals surface area (Å²) in [6, 6.07) is 13.7. The fourth-order valence-corrected chi connectivity index (χ4v) is 2.21. The molecule has 2 rings (SSSR count). The Hall–Kier alpha value is -3.21. The fourth-order valence-electron chi connectivity index (χ4n) is 1.93. The number of carboxylic acids is 1. The number of benzene rings is 2. The number of nitriles is 1. The number of hydrogen-bond acceptors (Lipinski definition) is 6. The number of nitrogens with one attached hydrogen (secondary N) is 1. The Morgan fingerprint density at radius 3 is 2.42 bits per heavy atom. The third-order valence-electron chi connectivity index (χ3n) is 3.10. The maximum Gasteiger partial charge on any atom is 0.358 e. The zero-order valence-electron chi connectivity index (χ0n) is 12.3. The molecular formula is C16H13ClN4O3. The van der Waals surface area contributed by atoms with E-state index in [1.807, 2.05) is 11.5 Å². The van der Waals surface area contributed by atoms with Crippen molar-refractivity contribution < 1.29 is 14.6 Å². The van der Waals surface area contributed by atoms with Crippen molar-refractivity contribution in [1.82, 2.24) is 5.43 Å². The van der Waals surface area contributed by atoms with Crippen molar-refractivity contribution in [3.8, 4) is 22.9 Å². The topological polar surface area (TPSA) is 134 Å². The normalized spacial score (nSPS) is 11.2. The molecule has 0 aliphatic carbocycles. The van der Waals surface area contributed by atoms with Crippen LogP contribution in [-0.4, -0.2) is 11.1 Å². The Morgan fingerprint density at radius 2 is 1.92 bits per heavy atom. The van der Waals surface area contributed by atoms with Crippen molar-refractivity contribution in [2.45, 2.75) is 0 Å². The lowest BCUT2D eigenvalue weighted by Gasteiger charge is -2.11. The second-order valence-corrected chi connectivity index (χ2v) is 5.03. The second-order valence-electron chi connectivity index (χ2n) is 4.62. The Morgan fingerprint density at radius 1 is 1.25 bits per heavy atom. The first kappa shape index (κ1) is 17.1. The van der Waals surface area contributed by atoms with E-state index in [4.69, 9.17) is 38.3 Å². The van der Waals surface area contributed by atoms with Gasteiger partial charge in [0.1, 0.15) is 5.75 Å². The molecule has 0 aliphatic heterocycles. The summed E-state index contributed by atoms with van der Waals surface area (Å²) < 4.78 is 5.24. The van der Waals surface area contributed by atoms with Crippen molar-refractivity contribution in [3.63, 3.8) is 0 Å². The molecule has 0 amide bonds. The highest BCUT2D eigenvalue weighted by Gasteiger charge is 2.14. The van der Waals surface area contributed by atoms with Gasteiger partial charge in [-0.05, 0) is 29.8 Å². The van der Waals surface area contributed by atoms with E-state index in [1.54, 1.807) is 36.4 Å². The molecule has 0 saturated carbocycles. The molecule has 8 heteroatoms. The predicted molar refractivity (Wildman–Crippen MR) is 88.4 cm³/mol. The molecule has 6 N–H and O–H groups in total. The summed E-state index contributed by atoms with van der Waals surface area (Å²) in [4.78, 5) is 10.9. The molecule has 0 unspecified atom stereocenters. The number of carbonyl (C=O) groups is 1. The maximum absolute atomic E-state index is 10.9. The smallest absolute Gasteiger partial charge is 0.358 e. The molecule has 0 atom stereocenters. The average molecular weight is 345 g/mol. The Kier molecular flexibility index (Phi) is 5.27. The van der Waals surface area contributed by atoms with Gasteiger partial charge in [-0.2, -0.15) is 5.26 Å². The highest BCUT2D eigenvalue weighted by atomic mass is 35.5. The summed E-state index contributed by atoms with van der Waals surface area (Å²) in [7, 11) is 0. The van der Waals surface area contributed by atoms with Crippen LogP contribution in [0.25, 0.3) is 11.1 Å². The van der Waals surface area contributed by atoms with Crippen LogP contribution in [-0.2, 0) is 4.79 Å². The largest absolute Gasteiger partial charge is 0.476 e. The SMILES string of the molecule is N#Cc1ccc(-c2ccc(O/C(N)=C(/NN)C(=O)O)cc2Cl)cc1. The van der Waals surface area contributed by atoms with Gasteiger partial charge in [0.05, 0.1) is 16.7 Å². The number of aliphatic carboxylic acids is 1. The van der Waals surface area contributed by atoms with E-state index in [0.29, 0.717) is 10.6 Å². The molecule has 0 heterocycles. The molecule has 0 aromatic heterocycles. The average Bonchev–Trinajstić information content (AvgIpc) is 2.55. The number of carboxylic acid groups (broad SMARTS) is 1. The zero-order chi connectivity index (χ0) is 17.7. The number of halogens is 1. The van der Waals surface area contributed by atoms with E-state index in [0.717, 1.165) is 11.1 Å². The summed E-state index contributed by atoms with van der Waals surface area (Å²) in [6.45, 7) is 0. The minimum absolute atomic E-state index is 0.254. The van der Waals surface area contributed by atoms with Crippen molar-refractivity contribution in [1.29, 1.82) is 5.26 Å². The minimum atomic E-state index is -1.35. The van der Waals surface area contributed by atoms with Gasteiger partial charge in [0, 0.05) is 11.6 Å². The molecular weight excluding hydrogens is 332 g/mol. The van der Waals surface area contributed by atoms with E-state index < -0.39 is 17.5 Å². The van der Waals surface area contributed by atoms with Crippen molar-refractivity contribution in [2.24, 2.45) is 11.6 Å². The number of rotatable bonds is 5. The third kappa shape index (κ3) is 3.76. The molecule has 2 aromatic rings. The van der Waals surface area contributed by atoms with E-state index in [-0.39, 0.29) is 5.75 Å². The van der Waals surface area contributed by atoms with Gasteiger partial charge in [0.2, 0.25) is 5.88 Å². The standard InChI is InChI=1S/C16H13ClN4O3/c17-13-7-11(24-15(19)14(21-20)16(22)23)5-6-12(13)10-3-1-9(8-18)2-4-10/h1-7,21H,19-20H2,(H,22,23)/b15-14+. The van der Waals surface area contributed by atoms with E-state index in [9.17, 15) is 4.79 Å². The molecule has 7 nitrogen and oxygen atoms in total. The zero-order valence-corrected chi connectivity index (χ0v) is 13.0. The monoisotopic (exact) mass is 344 g/mol. The van der Waals surface area contributed by atoms with Gasteiger partial charge in [-0.15, -0.1) is 0 Å². The predicted octanol–water partition coefficient (Wildman–Crippen LogP) is 1.93. The van der Waals surface area contributed by atoms with Gasteiger partial charge >= 0.3 is 5.97 Å². The van der Waals surface area contributed by atoms with Crippen LogP contribution in [0.2, 0.25) is 5.02 Å². The first-order valence-corrected chi connectivity index (χ1v) is 7.01. The summed E-state index contributed by atoms with van der Waals surface area (Å²) >= 11 is 6.24. The number of hydrazine groups is 1. The van der Waals surface area contributed by atoms with Crippen molar-refractivity contribution >= 4 is 17.6 Å². The minimum Gasteiger partial charge on any atom is -0.476 e. The molecule has 0 bridgehead atoms. The van der Waals surface area contributed by atoms with Crippen molar-refractivity contribution in [2.75, 3.05) is 0 Å². The lowest BCUT2D eigenvalue weighted by atomic mass is 10.0. The highest BCUT2D eigenvalue weighted by molar-refractivity contribution is 6.33. The van der Waals surface area contributed by atoms with Crippen LogP contribution < -0.4 is 21.7 Å². The number of ether oxygens (including phenoxy) is 1. The van der Waals surface area contributed by atoms with Gasteiger partial charge in [0.25, 0.3) is 0 Å². The molecule has 24 heavy (non-hydrogen) atoms. The molecule has 0 aliphatic rings. The number of nitrogens with zero attached hydrogens (tertiary/aromatic N) is 1. The molecule has 0 fully saturated rings. The summed E-state index contributed by atoms with van der Waals surface area (Å²) in [5.41, 5.74) is 9.13. The van der Waals surface area contributed by atoms with E-state index >= 15 is 0 Å². The van der Waals surface area contributed by atoms with Crippen LogP contribution in [0.5, 0.6) is 5.75 Å². The van der Waals surface area contributed by atoms with Crippen LogP contribution in [0.4, 0.5) is 0 Å². The summed E-state index contributed by atoms with van der Waals surface area (Å²) in [5.74, 6) is 3.59. The van der Waals surface area contributed by atoms with Gasteiger partial charge in [-0.3, -0.25) is 5.84 Å². The Bertz CT molecular complexity index is 841. The van der Waals surface area contributed by atoms with Crippen LogP contribution in [0, 0.1) is 11.3 Å². The summed E-state index contributed by atoms with van der Waals surface area (Å²) in [6.07, 6.45) is 0. The molecule has 0 spiro atoms. The molecule has 0 saturated heterocycles. The first-order chi connectivity index (χ1) is 11.5. The van der Waals surface area contributed by atoms with Crippen LogP contribution >= 0.6 is 11.6 Å². The second kappa shape index (κ2) is 7.37. The fraction of sp³-hybridized carbons (Fsp3) is 0. The molecule has 122 valence electrons. The lowest BCUT2D eigenvalue weighted by Crippen LogP contribution is -2.31. The lowest BCUT2D eigenvalue weighted by molar-refractivity contribution is -0.133. The number of hydrogen-bond donors (Lipinski definition) is 4. The first-order valence-electron chi connectivity index (χ1n) is 6.64. The maximum atomic E-state index is 10.9. The third-order valence-corrected chi connectivity index (χ3v) is 3.41. The van der Waals surface area contributed by atoms with Crippen LogP contribution in [0.15, 0.2) is 54.0 Å². The van der Waals surface area contributed by atoms with Gasteiger partial charge in [-0.25, -0.2) is 4.79 Å². The van der Waals surface area contributed by atoms with Crippen LogP contribution in [0.1, 0.15) is 5.56 Å². The van der Waals surface area contributed by atoms with E-state index in [2.05, 4.69) is 0 Å². The van der Waals surface area contributed by atoms with Crippen LogP contribution in [0.3, 0.4) is 0 Å². The molecule has 0 radical (unpaired) electrons. The number of nitrogens with two attached hydrogens (primary N) is 2. The van der Waals surface area contributed by atoms with E-state index in [1.165, 1.54) is 6.07 Å². The van der Waals surface area contributed by atoms with Gasteiger partial charge < -0.3 is 21.0 Å². The van der Waals surface area contributed by atoms with Gasteiger partial charge in [0.15, 0.2) is 5.70 Å². The Balaban J connectivity index is 2.30. The highest BCUT2D eigenvalue weighted by Crippen LogP contribution is 2.31. The Labute approximate surface area is 142 Å². The quantitative estimate of drug-likeness (QED) is 0.282. The summed E-state index contributed by atoms with van der Waals surface area (Å²) in [5, 5.41) is 18.1.